The molecular weight excluding hydrogens is 242 g/mol. The van der Waals surface area contributed by atoms with E-state index < -0.39 is 0 Å². The Bertz CT molecular complexity index is 606. The fourth-order valence-corrected chi connectivity index (χ4v) is 1.74. The zero-order valence-electron chi connectivity index (χ0n) is 11.3. The molecule has 0 aliphatic rings. The SMILES string of the molecule is CCOc1cc(N(C)C)c(=O)n(-c2ccccc2)n1. The summed E-state index contributed by atoms with van der Waals surface area (Å²) >= 11 is 0. The molecule has 1 aromatic heterocycles. The summed E-state index contributed by atoms with van der Waals surface area (Å²) in [6.07, 6.45) is 0. The number of para-hydroxylation sites is 1. The maximum atomic E-state index is 12.4. The van der Waals surface area contributed by atoms with Crippen molar-refractivity contribution in [2.24, 2.45) is 0 Å². The minimum absolute atomic E-state index is 0.167. The van der Waals surface area contributed by atoms with Gasteiger partial charge in [-0.15, -0.1) is 5.10 Å². The van der Waals surface area contributed by atoms with Crippen LogP contribution in [0.2, 0.25) is 0 Å². The molecule has 0 amide bonds. The minimum atomic E-state index is -0.167. The summed E-state index contributed by atoms with van der Waals surface area (Å²) in [7, 11) is 3.64. The van der Waals surface area contributed by atoms with Gasteiger partial charge in [-0.1, -0.05) is 18.2 Å². The molecule has 0 aliphatic heterocycles. The van der Waals surface area contributed by atoms with Crippen LogP contribution in [0.15, 0.2) is 41.2 Å². The molecule has 0 saturated carbocycles. The molecule has 0 bridgehead atoms. The Morgan fingerprint density at radius 2 is 1.95 bits per heavy atom. The number of hydrogen-bond acceptors (Lipinski definition) is 4. The number of aromatic nitrogens is 2. The molecule has 100 valence electrons. The summed E-state index contributed by atoms with van der Waals surface area (Å²) in [4.78, 5) is 14.1. The van der Waals surface area contributed by atoms with Crippen molar-refractivity contribution in [2.75, 3.05) is 25.6 Å². The Balaban J connectivity index is 2.62. The summed E-state index contributed by atoms with van der Waals surface area (Å²) in [5.41, 5.74) is 1.10. The van der Waals surface area contributed by atoms with Crippen molar-refractivity contribution < 1.29 is 4.74 Å². The first kappa shape index (κ1) is 13.1. The van der Waals surface area contributed by atoms with Gasteiger partial charge in [-0.2, -0.15) is 4.68 Å². The van der Waals surface area contributed by atoms with Crippen LogP contribution >= 0.6 is 0 Å². The van der Waals surface area contributed by atoms with E-state index in [1.165, 1.54) is 4.68 Å². The first-order chi connectivity index (χ1) is 9.13. The molecule has 0 saturated heterocycles. The quantitative estimate of drug-likeness (QED) is 0.838. The summed E-state index contributed by atoms with van der Waals surface area (Å²) in [5, 5.41) is 4.23. The molecule has 0 fully saturated rings. The van der Waals surface area contributed by atoms with Gasteiger partial charge < -0.3 is 9.64 Å². The van der Waals surface area contributed by atoms with Gasteiger partial charge in [0.1, 0.15) is 5.69 Å². The number of ether oxygens (including phenoxy) is 1. The third kappa shape index (κ3) is 2.76. The lowest BCUT2D eigenvalue weighted by Gasteiger charge is -2.15. The molecule has 1 aromatic carbocycles. The standard InChI is InChI=1S/C14H17N3O2/c1-4-19-13-10-12(16(2)3)14(18)17(15-13)11-8-6-5-7-9-11/h5-10H,4H2,1-3H3. The lowest BCUT2D eigenvalue weighted by atomic mass is 10.3. The van der Waals surface area contributed by atoms with Crippen LogP contribution in [0.3, 0.4) is 0 Å². The molecule has 0 N–H and O–H groups in total. The lowest BCUT2D eigenvalue weighted by Crippen LogP contribution is -2.28. The summed E-state index contributed by atoms with van der Waals surface area (Å²) in [5.74, 6) is 0.439. The zero-order chi connectivity index (χ0) is 13.8. The smallest absolute Gasteiger partial charge is 0.295 e. The van der Waals surface area contributed by atoms with Gasteiger partial charge in [-0.25, -0.2) is 0 Å². The second-order valence-electron chi connectivity index (χ2n) is 4.25. The van der Waals surface area contributed by atoms with Crippen LogP contribution in [0.4, 0.5) is 5.69 Å². The van der Waals surface area contributed by atoms with Crippen molar-refractivity contribution in [1.29, 1.82) is 0 Å². The van der Waals surface area contributed by atoms with Crippen molar-refractivity contribution in [1.82, 2.24) is 9.78 Å². The van der Waals surface area contributed by atoms with Crippen molar-refractivity contribution in [3.63, 3.8) is 0 Å². The largest absolute Gasteiger partial charge is 0.477 e. The molecule has 5 nitrogen and oxygen atoms in total. The molecule has 1 heterocycles. The van der Waals surface area contributed by atoms with E-state index in [0.717, 1.165) is 5.69 Å². The van der Waals surface area contributed by atoms with E-state index in [1.807, 2.05) is 51.4 Å². The predicted molar refractivity (Wildman–Crippen MR) is 75.3 cm³/mol. The number of anilines is 1. The molecule has 0 spiro atoms. The van der Waals surface area contributed by atoms with Crippen molar-refractivity contribution in [2.45, 2.75) is 6.92 Å². The highest BCUT2D eigenvalue weighted by Crippen LogP contribution is 2.14. The first-order valence-electron chi connectivity index (χ1n) is 6.13. The second kappa shape index (κ2) is 5.56. The molecule has 2 rings (SSSR count). The van der Waals surface area contributed by atoms with Crippen molar-refractivity contribution in [3.8, 4) is 11.6 Å². The van der Waals surface area contributed by atoms with Crippen molar-refractivity contribution in [3.05, 3.63) is 46.8 Å². The van der Waals surface area contributed by atoms with E-state index >= 15 is 0 Å². The van der Waals surface area contributed by atoms with Gasteiger partial charge in [0.2, 0.25) is 5.88 Å². The van der Waals surface area contributed by atoms with E-state index in [0.29, 0.717) is 18.2 Å². The van der Waals surface area contributed by atoms with E-state index in [-0.39, 0.29) is 5.56 Å². The fraction of sp³-hybridized carbons (Fsp3) is 0.286. The molecule has 0 radical (unpaired) electrons. The lowest BCUT2D eigenvalue weighted by molar-refractivity contribution is 0.319. The second-order valence-corrected chi connectivity index (χ2v) is 4.25. The Hall–Kier alpha value is -2.30. The fourth-order valence-electron chi connectivity index (χ4n) is 1.74. The first-order valence-corrected chi connectivity index (χ1v) is 6.13. The van der Waals surface area contributed by atoms with Crippen LogP contribution in [-0.4, -0.2) is 30.5 Å². The number of hydrogen-bond donors (Lipinski definition) is 0. The third-order valence-electron chi connectivity index (χ3n) is 2.65. The van der Waals surface area contributed by atoms with Gasteiger partial charge in [0.05, 0.1) is 12.3 Å². The van der Waals surface area contributed by atoms with E-state index in [2.05, 4.69) is 5.10 Å². The molecule has 5 heteroatoms. The van der Waals surface area contributed by atoms with Crippen LogP contribution in [-0.2, 0) is 0 Å². The number of rotatable bonds is 4. The highest BCUT2D eigenvalue weighted by atomic mass is 16.5. The average Bonchev–Trinajstić information content (AvgIpc) is 2.41. The average molecular weight is 259 g/mol. The predicted octanol–water partition coefficient (Wildman–Crippen LogP) is 1.70. The molecule has 0 aliphatic carbocycles. The molecule has 19 heavy (non-hydrogen) atoms. The Morgan fingerprint density at radius 1 is 1.26 bits per heavy atom. The van der Waals surface area contributed by atoms with Gasteiger partial charge in [0, 0.05) is 20.2 Å². The van der Waals surface area contributed by atoms with Crippen LogP contribution in [0.1, 0.15) is 6.92 Å². The normalized spacial score (nSPS) is 10.3. The van der Waals surface area contributed by atoms with E-state index in [1.54, 1.807) is 11.0 Å². The maximum absolute atomic E-state index is 12.4. The van der Waals surface area contributed by atoms with Crippen molar-refractivity contribution >= 4 is 5.69 Å². The Kier molecular flexibility index (Phi) is 3.85. The molecular formula is C14H17N3O2. The maximum Gasteiger partial charge on any atom is 0.295 e. The highest BCUT2D eigenvalue weighted by molar-refractivity contribution is 5.47. The Labute approximate surface area is 112 Å². The van der Waals surface area contributed by atoms with Gasteiger partial charge in [0.25, 0.3) is 5.56 Å². The van der Waals surface area contributed by atoms with Gasteiger partial charge in [0.15, 0.2) is 0 Å². The zero-order valence-corrected chi connectivity index (χ0v) is 11.3. The van der Waals surface area contributed by atoms with Crippen LogP contribution in [0, 0.1) is 0 Å². The Morgan fingerprint density at radius 3 is 2.53 bits per heavy atom. The highest BCUT2D eigenvalue weighted by Gasteiger charge is 2.11. The summed E-state index contributed by atoms with van der Waals surface area (Å²) in [6.45, 7) is 2.39. The number of benzene rings is 1. The topological polar surface area (TPSA) is 47.4 Å². The minimum Gasteiger partial charge on any atom is -0.477 e. The molecule has 0 unspecified atom stereocenters. The summed E-state index contributed by atoms with van der Waals surface area (Å²) in [6, 6.07) is 11.0. The van der Waals surface area contributed by atoms with Gasteiger partial charge in [-0.3, -0.25) is 4.79 Å². The van der Waals surface area contributed by atoms with Gasteiger partial charge >= 0.3 is 0 Å². The van der Waals surface area contributed by atoms with E-state index in [9.17, 15) is 4.79 Å². The summed E-state index contributed by atoms with van der Waals surface area (Å²) < 4.78 is 6.78. The van der Waals surface area contributed by atoms with E-state index in [4.69, 9.17) is 4.74 Å². The molecule has 2 aromatic rings. The monoisotopic (exact) mass is 259 g/mol. The van der Waals surface area contributed by atoms with Gasteiger partial charge in [-0.05, 0) is 19.1 Å². The third-order valence-corrected chi connectivity index (χ3v) is 2.65. The number of nitrogens with zero attached hydrogens (tertiary/aromatic N) is 3. The molecule has 0 atom stereocenters. The van der Waals surface area contributed by atoms with Crippen LogP contribution < -0.4 is 15.2 Å². The van der Waals surface area contributed by atoms with Crippen LogP contribution in [0.25, 0.3) is 5.69 Å². The van der Waals surface area contributed by atoms with Crippen LogP contribution in [0.5, 0.6) is 5.88 Å².